The molecule has 0 aromatic carbocycles. The average molecular weight is 244 g/mol. The Morgan fingerprint density at radius 1 is 1.50 bits per heavy atom. The van der Waals surface area contributed by atoms with Gasteiger partial charge in [0.05, 0.1) is 0 Å². The lowest BCUT2D eigenvalue weighted by Crippen LogP contribution is -2.18. The smallest absolute Gasteiger partial charge is 0.276 e. The summed E-state index contributed by atoms with van der Waals surface area (Å²) >= 11 is 0. The zero-order valence-electron chi connectivity index (χ0n) is 11.0. The van der Waals surface area contributed by atoms with Crippen molar-refractivity contribution in [3.05, 3.63) is 33.4 Å². The van der Waals surface area contributed by atoms with E-state index in [0.29, 0.717) is 11.2 Å². The second-order valence-electron chi connectivity index (χ2n) is 5.72. The molecule has 2 aromatic rings. The predicted octanol–water partition coefficient (Wildman–Crippen LogP) is 1.79. The summed E-state index contributed by atoms with van der Waals surface area (Å²) in [5, 5.41) is 11.9. The van der Waals surface area contributed by atoms with E-state index in [1.807, 2.05) is 6.07 Å². The molecule has 18 heavy (non-hydrogen) atoms. The van der Waals surface area contributed by atoms with Crippen LogP contribution in [0.2, 0.25) is 0 Å². The van der Waals surface area contributed by atoms with Crippen LogP contribution in [0.25, 0.3) is 5.65 Å². The van der Waals surface area contributed by atoms with Gasteiger partial charge in [-0.3, -0.25) is 9.89 Å². The molecule has 5 nitrogen and oxygen atoms in total. The predicted molar refractivity (Wildman–Crippen MR) is 68.4 cm³/mol. The highest BCUT2D eigenvalue weighted by molar-refractivity contribution is 5.47. The Morgan fingerprint density at radius 2 is 2.17 bits per heavy atom. The first-order valence-corrected chi connectivity index (χ1v) is 5.83. The molecule has 0 spiro atoms. The first kappa shape index (κ1) is 12.4. The molecule has 0 saturated carbocycles. The van der Waals surface area contributed by atoms with Crippen molar-refractivity contribution in [3.8, 4) is 6.07 Å². The van der Waals surface area contributed by atoms with Crippen LogP contribution in [0.15, 0.2) is 10.9 Å². The minimum Gasteiger partial charge on any atom is -0.276 e. The molecule has 94 valence electrons. The first-order chi connectivity index (χ1) is 8.31. The number of aromatic nitrogens is 3. The number of aryl methyl sites for hydroxylation is 1. The molecule has 0 unspecified atom stereocenters. The third-order valence-electron chi connectivity index (χ3n) is 2.69. The molecule has 0 aliphatic carbocycles. The van der Waals surface area contributed by atoms with Crippen molar-refractivity contribution in [1.82, 2.24) is 14.6 Å². The fraction of sp³-hybridized carbons (Fsp3) is 0.462. The fourth-order valence-corrected chi connectivity index (χ4v) is 1.91. The van der Waals surface area contributed by atoms with Crippen LogP contribution in [-0.2, 0) is 6.42 Å². The van der Waals surface area contributed by atoms with Crippen molar-refractivity contribution in [2.75, 3.05) is 0 Å². The summed E-state index contributed by atoms with van der Waals surface area (Å²) in [7, 11) is 0. The Bertz CT molecular complexity index is 695. The Kier molecular flexibility index (Phi) is 2.74. The summed E-state index contributed by atoms with van der Waals surface area (Å²) < 4.78 is 1.34. The maximum absolute atomic E-state index is 12.0. The maximum Gasteiger partial charge on any atom is 0.289 e. The number of nitriles is 1. The molecule has 2 heterocycles. The van der Waals surface area contributed by atoms with E-state index in [2.05, 4.69) is 30.9 Å². The standard InChI is InChI=1S/C13H16N4O/c1-8-5-11-15-10(6-13(2,3)4)16-17(11)12(18)9(8)7-14/h5H,6H2,1-4H3,(H,15,16). The topological polar surface area (TPSA) is 74.0 Å². The van der Waals surface area contributed by atoms with E-state index in [-0.39, 0.29) is 16.5 Å². The zero-order valence-corrected chi connectivity index (χ0v) is 11.0. The minimum atomic E-state index is -0.333. The number of nitrogens with one attached hydrogen (secondary N) is 1. The summed E-state index contributed by atoms with van der Waals surface area (Å²) in [5.41, 5.74) is 1.15. The number of rotatable bonds is 1. The molecule has 0 aliphatic rings. The Hall–Kier alpha value is -2.09. The van der Waals surface area contributed by atoms with Gasteiger partial charge in [0.2, 0.25) is 0 Å². The van der Waals surface area contributed by atoms with Crippen LogP contribution in [-0.4, -0.2) is 14.6 Å². The summed E-state index contributed by atoms with van der Waals surface area (Å²) in [6, 6.07) is 3.68. The molecular weight excluding hydrogens is 228 g/mol. The van der Waals surface area contributed by atoms with Crippen LogP contribution < -0.4 is 5.56 Å². The number of pyridine rings is 1. The second-order valence-corrected chi connectivity index (χ2v) is 5.72. The molecular formula is C13H16N4O. The number of fused-ring (bicyclic) bond motifs is 1. The monoisotopic (exact) mass is 244 g/mol. The van der Waals surface area contributed by atoms with Gasteiger partial charge in [0.25, 0.3) is 5.56 Å². The van der Waals surface area contributed by atoms with Gasteiger partial charge in [0.15, 0.2) is 5.65 Å². The summed E-state index contributed by atoms with van der Waals surface area (Å²) in [6.45, 7) is 8.07. The van der Waals surface area contributed by atoms with Gasteiger partial charge in [-0.25, -0.2) is 4.98 Å². The van der Waals surface area contributed by atoms with E-state index in [4.69, 9.17) is 5.26 Å². The average Bonchev–Trinajstić information content (AvgIpc) is 2.58. The molecule has 0 aliphatic heterocycles. The first-order valence-electron chi connectivity index (χ1n) is 5.83. The van der Waals surface area contributed by atoms with Crippen LogP contribution in [0, 0.1) is 23.7 Å². The van der Waals surface area contributed by atoms with Crippen LogP contribution >= 0.6 is 0 Å². The molecule has 0 saturated heterocycles. The number of nitrogens with zero attached hydrogens (tertiary/aromatic N) is 3. The van der Waals surface area contributed by atoms with Crippen molar-refractivity contribution in [2.45, 2.75) is 34.1 Å². The van der Waals surface area contributed by atoms with E-state index in [9.17, 15) is 4.79 Å². The molecule has 0 atom stereocenters. The number of aromatic amines is 1. The number of hydrogen-bond donors (Lipinski definition) is 1. The van der Waals surface area contributed by atoms with Gasteiger partial charge in [0.1, 0.15) is 17.5 Å². The lowest BCUT2D eigenvalue weighted by Gasteiger charge is -2.15. The number of H-pyrrole nitrogens is 1. The van der Waals surface area contributed by atoms with Gasteiger partial charge in [-0.15, -0.1) is 0 Å². The van der Waals surface area contributed by atoms with Crippen LogP contribution in [0.4, 0.5) is 0 Å². The lowest BCUT2D eigenvalue weighted by atomic mass is 9.92. The van der Waals surface area contributed by atoms with Gasteiger partial charge in [-0.2, -0.15) is 9.78 Å². The summed E-state index contributed by atoms with van der Waals surface area (Å²) in [6.07, 6.45) is 0.745. The van der Waals surface area contributed by atoms with Gasteiger partial charge >= 0.3 is 0 Å². The SMILES string of the molecule is Cc1cc2nc(CC(C)(C)C)[nH]n2c(=O)c1C#N. The van der Waals surface area contributed by atoms with Crippen LogP contribution in [0.1, 0.15) is 37.7 Å². The second kappa shape index (κ2) is 3.98. The van der Waals surface area contributed by atoms with E-state index in [1.54, 1.807) is 13.0 Å². The highest BCUT2D eigenvalue weighted by Crippen LogP contribution is 2.18. The van der Waals surface area contributed by atoms with Crippen molar-refractivity contribution >= 4 is 5.65 Å². The van der Waals surface area contributed by atoms with Gasteiger partial charge in [-0.1, -0.05) is 20.8 Å². The fourth-order valence-electron chi connectivity index (χ4n) is 1.91. The molecule has 5 heteroatoms. The maximum atomic E-state index is 12.0. The van der Waals surface area contributed by atoms with Crippen LogP contribution in [0.5, 0.6) is 0 Å². The Morgan fingerprint density at radius 3 is 2.72 bits per heavy atom. The Labute approximate surface area is 105 Å². The van der Waals surface area contributed by atoms with Gasteiger partial charge in [-0.05, 0) is 24.0 Å². The zero-order chi connectivity index (χ0) is 13.5. The molecule has 1 N–H and O–H groups in total. The number of hydrogen-bond acceptors (Lipinski definition) is 3. The highest BCUT2D eigenvalue weighted by Gasteiger charge is 2.16. The normalized spacial score (nSPS) is 11.7. The van der Waals surface area contributed by atoms with Crippen molar-refractivity contribution in [2.24, 2.45) is 5.41 Å². The molecule has 2 aromatic heterocycles. The molecule has 0 fully saturated rings. The third kappa shape index (κ3) is 2.14. The highest BCUT2D eigenvalue weighted by atomic mass is 16.1. The summed E-state index contributed by atoms with van der Waals surface area (Å²) in [4.78, 5) is 16.4. The van der Waals surface area contributed by atoms with Crippen molar-refractivity contribution in [3.63, 3.8) is 0 Å². The lowest BCUT2D eigenvalue weighted by molar-refractivity contribution is 0.400. The molecule has 0 amide bonds. The van der Waals surface area contributed by atoms with E-state index in [0.717, 1.165) is 12.2 Å². The molecule has 0 radical (unpaired) electrons. The van der Waals surface area contributed by atoms with Gasteiger partial charge < -0.3 is 0 Å². The Balaban J connectivity index is 2.63. The van der Waals surface area contributed by atoms with Crippen molar-refractivity contribution in [1.29, 1.82) is 5.26 Å². The summed E-state index contributed by atoms with van der Waals surface area (Å²) in [5.74, 6) is 0.758. The van der Waals surface area contributed by atoms with E-state index in [1.165, 1.54) is 4.52 Å². The van der Waals surface area contributed by atoms with Crippen molar-refractivity contribution < 1.29 is 0 Å². The minimum absolute atomic E-state index is 0.0879. The quantitative estimate of drug-likeness (QED) is 0.831. The van der Waals surface area contributed by atoms with Gasteiger partial charge in [0, 0.05) is 6.42 Å². The van der Waals surface area contributed by atoms with E-state index < -0.39 is 0 Å². The third-order valence-corrected chi connectivity index (χ3v) is 2.69. The van der Waals surface area contributed by atoms with Crippen LogP contribution in [0.3, 0.4) is 0 Å². The molecule has 0 bridgehead atoms. The molecule has 2 rings (SSSR count). The van der Waals surface area contributed by atoms with E-state index >= 15 is 0 Å². The largest absolute Gasteiger partial charge is 0.289 e.